The van der Waals surface area contributed by atoms with Gasteiger partial charge < -0.3 is 15.4 Å². The molecule has 0 saturated carbocycles. The first-order chi connectivity index (χ1) is 19.0. The van der Waals surface area contributed by atoms with Crippen molar-refractivity contribution < 1.29 is 27.9 Å². The molecule has 8 heteroatoms. The molecule has 0 aliphatic heterocycles. The molecule has 0 aromatic heterocycles. The third-order valence-corrected chi connectivity index (χ3v) is 6.45. The lowest BCUT2D eigenvalue weighted by Gasteiger charge is -2.32. The number of ketones is 1. The second-order valence-electron chi connectivity index (χ2n) is 10.8. The van der Waals surface area contributed by atoms with Crippen LogP contribution < -0.4 is 10.6 Å². The first-order valence-electron chi connectivity index (χ1n) is 13.2. The van der Waals surface area contributed by atoms with Crippen LogP contribution in [0.2, 0.25) is 0 Å². The van der Waals surface area contributed by atoms with Gasteiger partial charge in [0.25, 0.3) is 0 Å². The van der Waals surface area contributed by atoms with Crippen LogP contribution in [0.15, 0.2) is 91.0 Å². The smallest absolute Gasteiger partial charge is 0.408 e. The molecule has 0 spiro atoms. The average Bonchev–Trinajstić information content (AvgIpc) is 2.94. The summed E-state index contributed by atoms with van der Waals surface area (Å²) in [5, 5.41) is 5.07. The second kappa shape index (κ2) is 13.8. The average molecular weight is 551 g/mol. The maximum Gasteiger partial charge on any atom is 0.408 e. The molecule has 0 fully saturated rings. The number of halogens is 2. The van der Waals surface area contributed by atoms with Gasteiger partial charge in [-0.15, -0.1) is 0 Å². The summed E-state index contributed by atoms with van der Waals surface area (Å²) in [4.78, 5) is 39.2. The van der Waals surface area contributed by atoms with Gasteiger partial charge in [0.1, 0.15) is 12.6 Å². The number of ether oxygens (including phenoxy) is 1. The van der Waals surface area contributed by atoms with E-state index in [-0.39, 0.29) is 19.4 Å². The van der Waals surface area contributed by atoms with Crippen molar-refractivity contribution in [2.45, 2.75) is 64.6 Å². The molecule has 40 heavy (non-hydrogen) atoms. The van der Waals surface area contributed by atoms with E-state index < -0.39 is 47.6 Å². The summed E-state index contributed by atoms with van der Waals surface area (Å²) in [5.74, 6) is -5.81. The van der Waals surface area contributed by atoms with Gasteiger partial charge in [0.2, 0.25) is 11.7 Å². The highest BCUT2D eigenvalue weighted by Gasteiger charge is 2.44. The van der Waals surface area contributed by atoms with Crippen LogP contribution in [0.1, 0.15) is 43.9 Å². The van der Waals surface area contributed by atoms with E-state index in [1.54, 1.807) is 93.6 Å². The summed E-state index contributed by atoms with van der Waals surface area (Å²) in [6.45, 7) is 5.15. The largest absolute Gasteiger partial charge is 0.445 e. The number of carbonyl (C=O) groups is 3. The number of rotatable bonds is 12. The minimum Gasteiger partial charge on any atom is -0.445 e. The molecule has 3 rings (SSSR count). The van der Waals surface area contributed by atoms with Crippen LogP contribution in [0.3, 0.4) is 0 Å². The lowest BCUT2D eigenvalue weighted by Crippen LogP contribution is -2.58. The Hall–Kier alpha value is -4.07. The first kappa shape index (κ1) is 30.5. The highest BCUT2D eigenvalue weighted by Crippen LogP contribution is 2.26. The van der Waals surface area contributed by atoms with E-state index in [1.807, 2.05) is 18.2 Å². The molecule has 3 aromatic rings. The molecule has 2 N–H and O–H groups in total. The molecule has 0 heterocycles. The Labute approximate surface area is 234 Å². The first-order valence-corrected chi connectivity index (χ1v) is 13.2. The number of hydrogen-bond acceptors (Lipinski definition) is 4. The van der Waals surface area contributed by atoms with Crippen LogP contribution in [0.4, 0.5) is 13.6 Å². The molecule has 3 aromatic carbocycles. The zero-order chi connectivity index (χ0) is 29.2. The van der Waals surface area contributed by atoms with Gasteiger partial charge in [0, 0.05) is 6.42 Å². The van der Waals surface area contributed by atoms with E-state index in [1.165, 1.54) is 0 Å². The van der Waals surface area contributed by atoms with Gasteiger partial charge in [0.05, 0.1) is 6.04 Å². The number of alkyl carbamates (subject to hydrolysis) is 1. The SMILES string of the molecule is CC(C)(C)[C@H](NC(=O)OCc1ccccc1)C(=O)N[C@@H](Cc1ccccc1)C(=O)C(F)(F)CCc1ccccc1. The zero-order valence-electron chi connectivity index (χ0n) is 23.0. The van der Waals surface area contributed by atoms with Crippen molar-refractivity contribution in [3.05, 3.63) is 108 Å². The number of aryl methyl sites for hydroxylation is 1. The van der Waals surface area contributed by atoms with Crippen molar-refractivity contribution in [2.24, 2.45) is 5.41 Å². The summed E-state index contributed by atoms with van der Waals surface area (Å²) in [6.07, 6.45) is -1.64. The normalized spacial score (nSPS) is 13.1. The maximum atomic E-state index is 15.2. The van der Waals surface area contributed by atoms with Crippen LogP contribution in [0.5, 0.6) is 0 Å². The predicted molar refractivity (Wildman–Crippen MR) is 150 cm³/mol. The van der Waals surface area contributed by atoms with E-state index in [9.17, 15) is 14.4 Å². The number of hydrogen-bond donors (Lipinski definition) is 2. The van der Waals surface area contributed by atoms with Gasteiger partial charge in [-0.25, -0.2) is 4.79 Å². The second-order valence-corrected chi connectivity index (χ2v) is 10.8. The van der Waals surface area contributed by atoms with Gasteiger partial charge in [-0.1, -0.05) is 112 Å². The summed E-state index contributed by atoms with van der Waals surface area (Å²) in [6, 6.07) is 23.7. The van der Waals surface area contributed by atoms with Crippen LogP contribution in [-0.4, -0.2) is 35.8 Å². The topological polar surface area (TPSA) is 84.5 Å². The van der Waals surface area contributed by atoms with E-state index in [2.05, 4.69) is 10.6 Å². The number of benzene rings is 3. The van der Waals surface area contributed by atoms with Crippen molar-refractivity contribution in [3.8, 4) is 0 Å². The van der Waals surface area contributed by atoms with Crippen LogP contribution >= 0.6 is 0 Å². The molecule has 0 unspecified atom stereocenters. The Morgan fingerprint density at radius 1 is 0.750 bits per heavy atom. The molecule has 0 bridgehead atoms. The Kier molecular flexibility index (Phi) is 10.5. The Balaban J connectivity index is 1.75. The summed E-state index contributed by atoms with van der Waals surface area (Å²) in [7, 11) is 0. The maximum absolute atomic E-state index is 15.2. The van der Waals surface area contributed by atoms with E-state index in [0.29, 0.717) is 11.1 Å². The zero-order valence-corrected chi connectivity index (χ0v) is 23.0. The number of amides is 2. The Bertz CT molecular complexity index is 1250. The van der Waals surface area contributed by atoms with Crippen LogP contribution in [-0.2, 0) is 33.8 Å². The fourth-order valence-electron chi connectivity index (χ4n) is 4.20. The van der Waals surface area contributed by atoms with Gasteiger partial charge in [0.15, 0.2) is 0 Å². The van der Waals surface area contributed by atoms with Crippen molar-refractivity contribution >= 4 is 17.8 Å². The third kappa shape index (κ3) is 9.29. The molecule has 0 aliphatic rings. The lowest BCUT2D eigenvalue weighted by molar-refractivity contribution is -0.148. The highest BCUT2D eigenvalue weighted by atomic mass is 19.3. The third-order valence-electron chi connectivity index (χ3n) is 6.45. The highest BCUT2D eigenvalue weighted by molar-refractivity contribution is 5.96. The van der Waals surface area contributed by atoms with Gasteiger partial charge in [-0.3, -0.25) is 9.59 Å². The molecule has 0 radical (unpaired) electrons. The van der Waals surface area contributed by atoms with Crippen LogP contribution in [0, 0.1) is 5.41 Å². The fraction of sp³-hybridized carbons (Fsp3) is 0.344. The van der Waals surface area contributed by atoms with E-state index in [0.717, 1.165) is 5.56 Å². The number of nitrogens with one attached hydrogen (secondary N) is 2. The predicted octanol–water partition coefficient (Wildman–Crippen LogP) is 5.89. The summed E-state index contributed by atoms with van der Waals surface area (Å²) >= 11 is 0. The molecule has 2 atom stereocenters. The summed E-state index contributed by atoms with van der Waals surface area (Å²) < 4.78 is 35.7. The minimum absolute atomic E-state index is 0.00497. The van der Waals surface area contributed by atoms with Gasteiger partial charge >= 0.3 is 12.0 Å². The Morgan fingerprint density at radius 3 is 1.77 bits per heavy atom. The monoisotopic (exact) mass is 550 g/mol. The molecular formula is C32H36F2N2O4. The van der Waals surface area contributed by atoms with Gasteiger partial charge in [-0.05, 0) is 34.9 Å². The molecule has 2 amide bonds. The molecular weight excluding hydrogens is 514 g/mol. The van der Waals surface area contributed by atoms with Gasteiger partial charge in [-0.2, -0.15) is 8.78 Å². The Morgan fingerprint density at radius 2 is 1.25 bits per heavy atom. The number of alkyl halides is 2. The van der Waals surface area contributed by atoms with Crippen molar-refractivity contribution in [1.82, 2.24) is 10.6 Å². The molecule has 212 valence electrons. The number of carbonyl (C=O) groups excluding carboxylic acids is 3. The fourth-order valence-corrected chi connectivity index (χ4v) is 4.20. The van der Waals surface area contributed by atoms with E-state index >= 15 is 8.78 Å². The van der Waals surface area contributed by atoms with Crippen molar-refractivity contribution in [2.75, 3.05) is 0 Å². The molecule has 0 saturated heterocycles. The van der Waals surface area contributed by atoms with E-state index in [4.69, 9.17) is 4.74 Å². The van der Waals surface area contributed by atoms with Crippen LogP contribution in [0.25, 0.3) is 0 Å². The molecule has 0 aliphatic carbocycles. The molecule has 6 nitrogen and oxygen atoms in total. The van der Waals surface area contributed by atoms with Crippen molar-refractivity contribution in [3.63, 3.8) is 0 Å². The number of Topliss-reactive ketones (excluding diaryl/α,β-unsaturated/α-hetero) is 1. The lowest BCUT2D eigenvalue weighted by atomic mass is 9.85. The van der Waals surface area contributed by atoms with Crippen molar-refractivity contribution in [1.29, 1.82) is 0 Å². The summed E-state index contributed by atoms with van der Waals surface area (Å²) in [5.41, 5.74) is 1.25. The standard InChI is InChI=1S/C32H36F2N2O4/c1-31(2,3)27(36-30(39)40-22-25-17-11-6-12-18-25)29(38)35-26(21-24-15-9-5-10-16-24)28(37)32(33,34)20-19-23-13-7-4-8-14-23/h4-18,26-27H,19-22H2,1-3H3,(H,35,38)(H,36,39)/t26-,27+/m0/s1. The minimum atomic E-state index is -3.68. The quantitative estimate of drug-likeness (QED) is 0.295.